The van der Waals surface area contributed by atoms with Gasteiger partial charge in [-0.2, -0.15) is 4.98 Å². The van der Waals surface area contributed by atoms with Crippen LogP contribution in [0.25, 0.3) is 0 Å². The van der Waals surface area contributed by atoms with Gasteiger partial charge in [0.05, 0.1) is 17.9 Å². The van der Waals surface area contributed by atoms with Gasteiger partial charge in [0, 0.05) is 12.3 Å². The first-order valence-corrected chi connectivity index (χ1v) is 4.99. The van der Waals surface area contributed by atoms with Crippen LogP contribution in [-0.2, 0) is 10.8 Å². The van der Waals surface area contributed by atoms with E-state index < -0.39 is 10.8 Å². The number of hydrogen-bond acceptors (Lipinski definition) is 4. The maximum absolute atomic E-state index is 10.9. The Morgan fingerprint density at radius 3 is 2.75 bits per heavy atom. The van der Waals surface area contributed by atoms with Crippen molar-refractivity contribution in [2.45, 2.75) is 5.16 Å². The van der Waals surface area contributed by atoms with Gasteiger partial charge in [0.15, 0.2) is 0 Å². The summed E-state index contributed by atoms with van der Waals surface area (Å²) >= 11 is 5.61. The van der Waals surface area contributed by atoms with E-state index in [4.69, 9.17) is 16.3 Å². The molecule has 0 bridgehead atoms. The van der Waals surface area contributed by atoms with Gasteiger partial charge >= 0.3 is 0 Å². The zero-order valence-electron chi connectivity index (χ0n) is 6.57. The molecule has 1 aromatic rings. The van der Waals surface area contributed by atoms with Gasteiger partial charge in [-0.25, -0.2) is 4.98 Å². The van der Waals surface area contributed by atoms with E-state index in [0.29, 0.717) is 5.88 Å². The highest BCUT2D eigenvalue weighted by Gasteiger charge is 2.05. The highest BCUT2D eigenvalue weighted by Crippen LogP contribution is 2.14. The molecule has 66 valence electrons. The molecule has 1 atom stereocenters. The Morgan fingerprint density at radius 1 is 1.58 bits per heavy atom. The summed E-state index contributed by atoms with van der Waals surface area (Å²) in [7, 11) is 0.222. The Labute approximate surface area is 77.4 Å². The molecule has 0 radical (unpaired) electrons. The Hall–Kier alpha value is -0.680. The SMILES string of the molecule is COc1cc(Cl)nc(S(C)=O)n1. The summed E-state index contributed by atoms with van der Waals surface area (Å²) in [5.41, 5.74) is 0. The van der Waals surface area contributed by atoms with E-state index in [1.165, 1.54) is 19.4 Å². The van der Waals surface area contributed by atoms with Crippen LogP contribution in [0.5, 0.6) is 5.88 Å². The first kappa shape index (κ1) is 9.41. The van der Waals surface area contributed by atoms with Crippen molar-refractivity contribution in [3.05, 3.63) is 11.2 Å². The van der Waals surface area contributed by atoms with Crippen molar-refractivity contribution in [1.29, 1.82) is 0 Å². The third-order valence-electron chi connectivity index (χ3n) is 1.12. The Balaban J connectivity index is 3.15. The van der Waals surface area contributed by atoms with Crippen LogP contribution in [0.4, 0.5) is 0 Å². The minimum atomic E-state index is -1.24. The summed E-state index contributed by atoms with van der Waals surface area (Å²) in [5, 5.41) is 0.409. The van der Waals surface area contributed by atoms with Gasteiger partial charge in [-0.3, -0.25) is 4.21 Å². The molecule has 0 aliphatic heterocycles. The number of halogens is 1. The summed E-state index contributed by atoms with van der Waals surface area (Å²) in [5.74, 6) is 0.320. The fourth-order valence-corrected chi connectivity index (χ4v) is 1.28. The van der Waals surface area contributed by atoms with E-state index >= 15 is 0 Å². The van der Waals surface area contributed by atoms with Crippen molar-refractivity contribution in [1.82, 2.24) is 9.97 Å². The summed E-state index contributed by atoms with van der Waals surface area (Å²) in [4.78, 5) is 7.59. The lowest BCUT2D eigenvalue weighted by Gasteiger charge is -2.00. The van der Waals surface area contributed by atoms with Gasteiger partial charge in [0.25, 0.3) is 0 Å². The summed E-state index contributed by atoms with van der Waals surface area (Å²) in [6, 6.07) is 1.46. The molecule has 0 aliphatic carbocycles. The van der Waals surface area contributed by atoms with E-state index in [9.17, 15) is 4.21 Å². The average molecular weight is 207 g/mol. The molecule has 4 nitrogen and oxygen atoms in total. The quantitative estimate of drug-likeness (QED) is 0.533. The maximum atomic E-state index is 10.9. The van der Waals surface area contributed by atoms with Crippen molar-refractivity contribution in [3.63, 3.8) is 0 Å². The van der Waals surface area contributed by atoms with E-state index in [1.807, 2.05) is 0 Å². The lowest BCUT2D eigenvalue weighted by atomic mass is 10.6. The summed E-state index contributed by atoms with van der Waals surface area (Å²) < 4.78 is 15.8. The van der Waals surface area contributed by atoms with Crippen LogP contribution in [-0.4, -0.2) is 27.5 Å². The van der Waals surface area contributed by atoms with Gasteiger partial charge in [-0.05, 0) is 0 Å². The van der Waals surface area contributed by atoms with Crippen LogP contribution in [0.3, 0.4) is 0 Å². The topological polar surface area (TPSA) is 52.1 Å². The van der Waals surface area contributed by atoms with Crippen LogP contribution < -0.4 is 4.74 Å². The predicted molar refractivity (Wildman–Crippen MR) is 45.9 cm³/mol. The number of ether oxygens (including phenoxy) is 1. The molecule has 1 rings (SSSR count). The summed E-state index contributed by atoms with van der Waals surface area (Å²) in [6.07, 6.45) is 1.48. The van der Waals surface area contributed by atoms with Gasteiger partial charge < -0.3 is 4.74 Å². The molecule has 0 fully saturated rings. The predicted octanol–water partition coefficient (Wildman–Crippen LogP) is 0.876. The van der Waals surface area contributed by atoms with Crippen molar-refractivity contribution < 1.29 is 8.95 Å². The van der Waals surface area contributed by atoms with Crippen molar-refractivity contribution >= 4 is 22.4 Å². The van der Waals surface area contributed by atoms with E-state index in [2.05, 4.69) is 9.97 Å². The molecule has 0 aromatic carbocycles. The number of nitrogens with zero attached hydrogens (tertiary/aromatic N) is 2. The molecule has 0 saturated heterocycles. The maximum Gasteiger partial charge on any atom is 0.222 e. The smallest absolute Gasteiger partial charge is 0.222 e. The Kier molecular flexibility index (Phi) is 2.99. The van der Waals surface area contributed by atoms with Crippen molar-refractivity contribution in [3.8, 4) is 5.88 Å². The van der Waals surface area contributed by atoms with E-state index in [1.54, 1.807) is 0 Å². The second-order valence-electron chi connectivity index (χ2n) is 1.97. The molecule has 0 aliphatic rings. The molecular formula is C6H7ClN2O2S. The molecule has 1 heterocycles. The second kappa shape index (κ2) is 3.82. The fraction of sp³-hybridized carbons (Fsp3) is 0.333. The normalized spacial score (nSPS) is 12.6. The highest BCUT2D eigenvalue weighted by atomic mass is 35.5. The third-order valence-corrected chi connectivity index (χ3v) is 2.01. The number of rotatable bonds is 2. The molecule has 0 saturated carbocycles. The first-order valence-electron chi connectivity index (χ1n) is 3.05. The fourth-order valence-electron chi connectivity index (χ4n) is 0.610. The lowest BCUT2D eigenvalue weighted by molar-refractivity contribution is 0.392. The van der Waals surface area contributed by atoms with E-state index in [0.717, 1.165) is 0 Å². The molecule has 6 heteroatoms. The standard InChI is InChI=1S/C6H7ClN2O2S/c1-11-5-3-4(7)8-6(9-5)12(2)10/h3H,1-2H3. The Bertz CT molecular complexity index is 318. The van der Waals surface area contributed by atoms with Crippen LogP contribution >= 0.6 is 11.6 Å². The molecule has 1 unspecified atom stereocenters. The van der Waals surface area contributed by atoms with Crippen LogP contribution in [0, 0.1) is 0 Å². The highest BCUT2D eigenvalue weighted by molar-refractivity contribution is 7.84. The van der Waals surface area contributed by atoms with Gasteiger partial charge in [-0.15, -0.1) is 0 Å². The number of aromatic nitrogens is 2. The third kappa shape index (κ3) is 2.15. The largest absolute Gasteiger partial charge is 0.481 e. The molecule has 0 amide bonds. The second-order valence-corrected chi connectivity index (χ2v) is 3.63. The minimum Gasteiger partial charge on any atom is -0.481 e. The zero-order valence-corrected chi connectivity index (χ0v) is 8.15. The molecule has 1 aromatic heterocycles. The molecule has 0 N–H and O–H groups in total. The average Bonchev–Trinajstić information content (AvgIpc) is 2.03. The van der Waals surface area contributed by atoms with Gasteiger partial charge in [0.1, 0.15) is 5.15 Å². The van der Waals surface area contributed by atoms with Gasteiger partial charge in [-0.1, -0.05) is 11.6 Å². The van der Waals surface area contributed by atoms with E-state index in [-0.39, 0.29) is 10.3 Å². The zero-order chi connectivity index (χ0) is 9.14. The molecule has 12 heavy (non-hydrogen) atoms. The van der Waals surface area contributed by atoms with Crippen LogP contribution in [0.1, 0.15) is 0 Å². The Morgan fingerprint density at radius 2 is 2.25 bits per heavy atom. The minimum absolute atomic E-state index is 0.180. The number of methoxy groups -OCH3 is 1. The van der Waals surface area contributed by atoms with Gasteiger partial charge in [0.2, 0.25) is 11.0 Å². The first-order chi connectivity index (χ1) is 5.63. The van der Waals surface area contributed by atoms with Crippen molar-refractivity contribution in [2.24, 2.45) is 0 Å². The lowest BCUT2D eigenvalue weighted by Crippen LogP contribution is -1.99. The summed E-state index contributed by atoms with van der Waals surface area (Å²) in [6.45, 7) is 0. The number of hydrogen-bond donors (Lipinski definition) is 0. The monoisotopic (exact) mass is 206 g/mol. The molecule has 0 spiro atoms. The van der Waals surface area contributed by atoms with Crippen LogP contribution in [0.15, 0.2) is 11.2 Å². The van der Waals surface area contributed by atoms with Crippen LogP contribution in [0.2, 0.25) is 5.15 Å². The molecular weight excluding hydrogens is 200 g/mol. The van der Waals surface area contributed by atoms with Crippen molar-refractivity contribution in [2.75, 3.05) is 13.4 Å².